The summed E-state index contributed by atoms with van der Waals surface area (Å²) in [6.45, 7) is 2.35. The molecule has 1 N–H and O–H groups in total. The fourth-order valence-electron chi connectivity index (χ4n) is 2.88. The van der Waals surface area contributed by atoms with Gasteiger partial charge in [0.15, 0.2) is 17.1 Å². The Morgan fingerprint density at radius 2 is 2.00 bits per heavy atom. The third-order valence-corrected chi connectivity index (χ3v) is 4.20. The van der Waals surface area contributed by atoms with Gasteiger partial charge in [-0.25, -0.2) is 9.50 Å². The third-order valence-electron chi connectivity index (χ3n) is 4.20. The number of rotatable bonds is 5. The van der Waals surface area contributed by atoms with Crippen molar-refractivity contribution < 1.29 is 27.1 Å². The van der Waals surface area contributed by atoms with E-state index in [0.29, 0.717) is 22.6 Å². The summed E-state index contributed by atoms with van der Waals surface area (Å²) in [5.74, 6) is 0.125. The van der Waals surface area contributed by atoms with E-state index >= 15 is 0 Å². The smallest absolute Gasteiger partial charge is 0.433 e. The fourth-order valence-corrected chi connectivity index (χ4v) is 2.88. The number of nitrogens with one attached hydrogen (secondary N) is 1. The largest absolute Gasteiger partial charge is 0.494 e. The minimum Gasteiger partial charge on any atom is -0.494 e. The molecular formula is C20H15F3N4O3. The molecule has 0 saturated heterocycles. The zero-order chi connectivity index (χ0) is 21.3. The van der Waals surface area contributed by atoms with Crippen molar-refractivity contribution in [2.24, 2.45) is 0 Å². The lowest BCUT2D eigenvalue weighted by atomic mass is 10.2. The van der Waals surface area contributed by atoms with Crippen molar-refractivity contribution in [1.82, 2.24) is 14.6 Å². The van der Waals surface area contributed by atoms with Crippen LogP contribution in [0, 0.1) is 0 Å². The lowest BCUT2D eigenvalue weighted by Crippen LogP contribution is -2.15. The number of hydrogen-bond donors (Lipinski definition) is 1. The minimum absolute atomic E-state index is 0.0598. The standard InChI is InChI=1S/C20H15F3N4O3/c1-2-29-13-7-5-12(6-8-13)25-19(28)14-11-24-27-17(20(21,22)23)10-15(26-18(14)27)16-4-3-9-30-16/h3-11H,2H2,1H3,(H,25,28). The number of carbonyl (C=O) groups is 1. The Morgan fingerprint density at radius 3 is 2.63 bits per heavy atom. The van der Waals surface area contributed by atoms with Crippen LogP contribution in [0.15, 0.2) is 59.3 Å². The first-order valence-electron chi connectivity index (χ1n) is 8.91. The maximum atomic E-state index is 13.6. The van der Waals surface area contributed by atoms with Gasteiger partial charge in [0.1, 0.15) is 17.0 Å². The van der Waals surface area contributed by atoms with Gasteiger partial charge in [-0.05, 0) is 49.4 Å². The van der Waals surface area contributed by atoms with Crippen LogP contribution in [0.1, 0.15) is 23.0 Å². The minimum atomic E-state index is -4.71. The van der Waals surface area contributed by atoms with Gasteiger partial charge in [0.25, 0.3) is 5.91 Å². The van der Waals surface area contributed by atoms with Gasteiger partial charge >= 0.3 is 6.18 Å². The Bertz CT molecular complexity index is 1180. The quantitative estimate of drug-likeness (QED) is 0.512. The second-order valence-corrected chi connectivity index (χ2v) is 6.21. The van der Waals surface area contributed by atoms with Crippen LogP contribution in [-0.2, 0) is 6.18 Å². The predicted molar refractivity (Wildman–Crippen MR) is 101 cm³/mol. The molecule has 3 heterocycles. The van der Waals surface area contributed by atoms with Crippen LogP contribution in [-0.4, -0.2) is 27.1 Å². The predicted octanol–water partition coefficient (Wildman–Crippen LogP) is 4.66. The maximum absolute atomic E-state index is 13.6. The molecule has 0 unspecified atom stereocenters. The van der Waals surface area contributed by atoms with E-state index in [9.17, 15) is 18.0 Å². The molecular weight excluding hydrogens is 401 g/mol. The summed E-state index contributed by atoms with van der Waals surface area (Å²) in [4.78, 5) is 16.9. The molecule has 1 amide bonds. The van der Waals surface area contributed by atoms with E-state index in [2.05, 4.69) is 15.4 Å². The van der Waals surface area contributed by atoms with E-state index in [1.165, 1.54) is 18.4 Å². The van der Waals surface area contributed by atoms with Gasteiger partial charge in [-0.3, -0.25) is 4.79 Å². The highest BCUT2D eigenvalue weighted by Crippen LogP contribution is 2.33. The number of nitrogens with zero attached hydrogens (tertiary/aromatic N) is 3. The number of benzene rings is 1. The number of hydrogen-bond acceptors (Lipinski definition) is 5. The molecule has 0 aliphatic heterocycles. The molecule has 154 valence electrons. The number of carbonyl (C=O) groups excluding carboxylic acids is 1. The molecule has 0 aliphatic rings. The molecule has 10 heteroatoms. The first-order valence-corrected chi connectivity index (χ1v) is 8.91. The molecule has 0 radical (unpaired) electrons. The highest BCUT2D eigenvalue weighted by molar-refractivity contribution is 6.08. The zero-order valence-corrected chi connectivity index (χ0v) is 15.6. The first-order chi connectivity index (χ1) is 14.4. The summed E-state index contributed by atoms with van der Waals surface area (Å²) < 4.78 is 51.8. The summed E-state index contributed by atoms with van der Waals surface area (Å²) in [5.41, 5.74) is -1.03. The lowest BCUT2D eigenvalue weighted by Gasteiger charge is -2.11. The highest BCUT2D eigenvalue weighted by atomic mass is 19.4. The number of ether oxygens (including phenoxy) is 1. The van der Waals surface area contributed by atoms with Crippen molar-refractivity contribution in [2.75, 3.05) is 11.9 Å². The van der Waals surface area contributed by atoms with E-state index in [1.54, 1.807) is 24.3 Å². The van der Waals surface area contributed by atoms with Crippen LogP contribution >= 0.6 is 0 Å². The van der Waals surface area contributed by atoms with Crippen LogP contribution in [0.2, 0.25) is 0 Å². The zero-order valence-electron chi connectivity index (χ0n) is 15.6. The average Bonchev–Trinajstić information content (AvgIpc) is 3.38. The molecule has 0 spiro atoms. The molecule has 0 bridgehead atoms. The van der Waals surface area contributed by atoms with E-state index in [4.69, 9.17) is 9.15 Å². The lowest BCUT2D eigenvalue weighted by molar-refractivity contribution is -0.142. The van der Waals surface area contributed by atoms with Gasteiger partial charge in [0.2, 0.25) is 0 Å². The van der Waals surface area contributed by atoms with Crippen molar-refractivity contribution in [3.8, 4) is 17.2 Å². The summed E-state index contributed by atoms with van der Waals surface area (Å²) in [6.07, 6.45) is -2.34. The normalized spacial score (nSPS) is 11.6. The Kier molecular flexibility index (Phi) is 4.90. The number of amides is 1. The molecule has 0 aliphatic carbocycles. The number of aromatic nitrogens is 3. The Labute approximate surface area is 168 Å². The second-order valence-electron chi connectivity index (χ2n) is 6.21. The van der Waals surface area contributed by atoms with Crippen LogP contribution in [0.5, 0.6) is 5.75 Å². The summed E-state index contributed by atoms with van der Waals surface area (Å²) >= 11 is 0. The van der Waals surface area contributed by atoms with Gasteiger partial charge in [-0.2, -0.15) is 18.3 Å². The molecule has 4 aromatic rings. The number of alkyl halides is 3. The van der Waals surface area contributed by atoms with Gasteiger partial charge in [-0.1, -0.05) is 0 Å². The van der Waals surface area contributed by atoms with Crippen LogP contribution < -0.4 is 10.1 Å². The molecule has 0 fully saturated rings. The average molecular weight is 416 g/mol. The summed E-state index contributed by atoms with van der Waals surface area (Å²) in [6, 6.07) is 10.4. The number of fused-ring (bicyclic) bond motifs is 1. The van der Waals surface area contributed by atoms with Crippen molar-refractivity contribution in [1.29, 1.82) is 0 Å². The Balaban J connectivity index is 1.74. The monoisotopic (exact) mass is 416 g/mol. The van der Waals surface area contributed by atoms with Crippen LogP contribution in [0.25, 0.3) is 17.1 Å². The molecule has 4 rings (SSSR count). The van der Waals surface area contributed by atoms with E-state index in [1.807, 2.05) is 6.92 Å². The van der Waals surface area contributed by atoms with Crippen LogP contribution in [0.3, 0.4) is 0 Å². The number of anilines is 1. The molecule has 0 atom stereocenters. The summed E-state index contributed by atoms with van der Waals surface area (Å²) in [5, 5.41) is 6.36. The third kappa shape index (κ3) is 3.71. The van der Waals surface area contributed by atoms with Gasteiger partial charge in [0.05, 0.1) is 19.1 Å². The second kappa shape index (κ2) is 7.54. The maximum Gasteiger partial charge on any atom is 0.433 e. The van der Waals surface area contributed by atoms with E-state index in [0.717, 1.165) is 12.3 Å². The summed E-state index contributed by atoms with van der Waals surface area (Å²) in [7, 11) is 0. The van der Waals surface area contributed by atoms with Gasteiger partial charge < -0.3 is 14.5 Å². The molecule has 30 heavy (non-hydrogen) atoms. The first kappa shape index (κ1) is 19.5. The Hall–Kier alpha value is -3.82. The van der Waals surface area contributed by atoms with Crippen molar-refractivity contribution in [3.05, 3.63) is 66.2 Å². The van der Waals surface area contributed by atoms with Gasteiger partial charge in [-0.15, -0.1) is 0 Å². The van der Waals surface area contributed by atoms with E-state index < -0.39 is 17.8 Å². The van der Waals surface area contributed by atoms with Gasteiger partial charge in [0, 0.05) is 5.69 Å². The fraction of sp³-hybridized carbons (Fsp3) is 0.150. The van der Waals surface area contributed by atoms with Crippen molar-refractivity contribution in [2.45, 2.75) is 13.1 Å². The number of halogens is 3. The molecule has 7 nitrogen and oxygen atoms in total. The SMILES string of the molecule is CCOc1ccc(NC(=O)c2cnn3c(C(F)(F)F)cc(-c4ccco4)nc23)cc1. The molecule has 1 aromatic carbocycles. The number of furan rings is 1. The topological polar surface area (TPSA) is 81.7 Å². The molecule has 3 aromatic heterocycles. The van der Waals surface area contributed by atoms with Crippen molar-refractivity contribution in [3.63, 3.8) is 0 Å². The van der Waals surface area contributed by atoms with Crippen molar-refractivity contribution >= 4 is 17.2 Å². The molecule has 0 saturated carbocycles. The Morgan fingerprint density at radius 1 is 1.23 bits per heavy atom. The van der Waals surface area contributed by atoms with E-state index in [-0.39, 0.29) is 22.7 Å². The highest BCUT2D eigenvalue weighted by Gasteiger charge is 2.36. The van der Waals surface area contributed by atoms with Crippen LogP contribution in [0.4, 0.5) is 18.9 Å².